The van der Waals surface area contributed by atoms with E-state index < -0.39 is 0 Å². The molecular formula is C21H24N2O2. The second-order valence-corrected chi connectivity index (χ2v) is 6.96. The van der Waals surface area contributed by atoms with Crippen LogP contribution in [0.4, 0.5) is 5.69 Å². The number of ether oxygens (including phenoxy) is 1. The largest absolute Gasteiger partial charge is 0.494 e. The number of carbonyl (C=O) groups is 1. The maximum atomic E-state index is 12.2. The average molecular weight is 336 g/mol. The molecular weight excluding hydrogens is 312 g/mol. The minimum atomic E-state index is 0.0241. The van der Waals surface area contributed by atoms with Gasteiger partial charge in [-0.25, -0.2) is 0 Å². The number of nitrogens with one attached hydrogen (secondary N) is 1. The quantitative estimate of drug-likeness (QED) is 0.847. The van der Waals surface area contributed by atoms with E-state index >= 15 is 0 Å². The number of aliphatic imine (C=N–C) groups is 1. The van der Waals surface area contributed by atoms with Crippen LogP contribution in [0.1, 0.15) is 43.2 Å². The third kappa shape index (κ3) is 2.70. The fourth-order valence-corrected chi connectivity index (χ4v) is 4.33. The Labute approximate surface area is 148 Å². The van der Waals surface area contributed by atoms with Crippen molar-refractivity contribution in [3.63, 3.8) is 0 Å². The van der Waals surface area contributed by atoms with E-state index in [1.54, 1.807) is 13.3 Å². The van der Waals surface area contributed by atoms with Crippen LogP contribution in [0.5, 0.6) is 5.75 Å². The molecule has 0 aromatic heterocycles. The molecule has 2 aliphatic heterocycles. The van der Waals surface area contributed by atoms with Gasteiger partial charge in [0.2, 0.25) is 5.91 Å². The van der Waals surface area contributed by atoms with Gasteiger partial charge in [-0.2, -0.15) is 0 Å². The van der Waals surface area contributed by atoms with E-state index in [1.807, 2.05) is 6.07 Å². The molecule has 0 saturated heterocycles. The maximum Gasteiger partial charge on any atom is 0.227 e. The molecule has 1 aromatic carbocycles. The topological polar surface area (TPSA) is 50.7 Å². The first kappa shape index (κ1) is 16.1. The number of fused-ring (bicyclic) bond motifs is 2. The molecule has 2 heterocycles. The lowest BCUT2D eigenvalue weighted by Crippen LogP contribution is -2.39. The van der Waals surface area contributed by atoms with E-state index in [0.717, 1.165) is 37.1 Å². The number of hydrogen-bond acceptors (Lipinski definition) is 3. The van der Waals surface area contributed by atoms with Crippen molar-refractivity contribution in [3.8, 4) is 5.75 Å². The molecule has 0 fully saturated rings. The third-order valence-corrected chi connectivity index (χ3v) is 5.70. The normalized spacial score (nSPS) is 27.2. The van der Waals surface area contributed by atoms with Crippen molar-refractivity contribution in [2.24, 2.45) is 16.8 Å². The number of hydrogen-bond donors (Lipinski definition) is 1. The number of carbonyl (C=O) groups excluding carboxylic acids is 1. The molecule has 1 aromatic rings. The summed E-state index contributed by atoms with van der Waals surface area (Å²) in [5.74, 6) is 1.44. The molecule has 25 heavy (non-hydrogen) atoms. The summed E-state index contributed by atoms with van der Waals surface area (Å²) >= 11 is 0. The number of nitrogens with zero attached hydrogens (tertiary/aromatic N) is 1. The second-order valence-electron chi connectivity index (χ2n) is 6.96. The molecule has 0 radical (unpaired) electrons. The fourth-order valence-electron chi connectivity index (χ4n) is 4.33. The third-order valence-electron chi connectivity index (χ3n) is 5.70. The van der Waals surface area contributed by atoms with Gasteiger partial charge in [-0.3, -0.25) is 9.79 Å². The first-order valence-electron chi connectivity index (χ1n) is 9.12. The van der Waals surface area contributed by atoms with Crippen LogP contribution < -0.4 is 10.1 Å². The highest BCUT2D eigenvalue weighted by atomic mass is 16.5. The summed E-state index contributed by atoms with van der Waals surface area (Å²) in [6.45, 7) is 2.15. The number of allylic oxidation sites excluding steroid dienone is 3. The number of benzene rings is 1. The van der Waals surface area contributed by atoms with Crippen molar-refractivity contribution in [2.75, 3.05) is 7.11 Å². The van der Waals surface area contributed by atoms with Crippen molar-refractivity contribution >= 4 is 17.3 Å². The Balaban J connectivity index is 1.81. The van der Waals surface area contributed by atoms with Crippen molar-refractivity contribution < 1.29 is 9.53 Å². The number of rotatable bonds is 3. The van der Waals surface area contributed by atoms with Gasteiger partial charge in [-0.15, -0.1) is 0 Å². The van der Waals surface area contributed by atoms with Crippen molar-refractivity contribution in [3.05, 3.63) is 47.7 Å². The monoisotopic (exact) mass is 336 g/mol. The van der Waals surface area contributed by atoms with Crippen LogP contribution in [0.25, 0.3) is 0 Å². The average Bonchev–Trinajstić information content (AvgIpc) is 2.66. The van der Waals surface area contributed by atoms with Gasteiger partial charge in [-0.1, -0.05) is 31.2 Å². The molecule has 4 rings (SSSR count). The number of amides is 1. The zero-order chi connectivity index (χ0) is 17.4. The molecule has 0 spiro atoms. The predicted octanol–water partition coefficient (Wildman–Crippen LogP) is 4.04. The van der Waals surface area contributed by atoms with E-state index in [4.69, 9.17) is 9.73 Å². The highest BCUT2D eigenvalue weighted by Crippen LogP contribution is 2.46. The van der Waals surface area contributed by atoms with E-state index in [2.05, 4.69) is 36.5 Å². The first-order valence-corrected chi connectivity index (χ1v) is 9.12. The smallest absolute Gasteiger partial charge is 0.227 e. The Bertz CT molecular complexity index is 791. The molecule has 3 unspecified atom stereocenters. The zero-order valence-corrected chi connectivity index (χ0v) is 14.8. The Kier molecular flexibility index (Phi) is 4.20. The Morgan fingerprint density at radius 2 is 2.16 bits per heavy atom. The van der Waals surface area contributed by atoms with E-state index in [-0.39, 0.29) is 23.7 Å². The Morgan fingerprint density at radius 3 is 2.96 bits per heavy atom. The van der Waals surface area contributed by atoms with Crippen LogP contribution in [-0.4, -0.2) is 18.7 Å². The molecule has 1 amide bonds. The van der Waals surface area contributed by atoms with Gasteiger partial charge in [0.25, 0.3) is 0 Å². The summed E-state index contributed by atoms with van der Waals surface area (Å²) in [6.07, 6.45) is 12.2. The van der Waals surface area contributed by atoms with Gasteiger partial charge >= 0.3 is 0 Å². The minimum absolute atomic E-state index is 0.0241. The molecule has 3 aliphatic rings. The standard InChI is InChI=1S/C21H24N2O2/c1-3-13-7-8-17-15(9-10-19(25-2)20(17)23-13)14-5-4-6-18-16(14)11-12-22-21(18)24/h4-5,9-12,14,16,18H,3,6-8H2,1-2H3,(H,22,24). The minimum Gasteiger partial charge on any atom is -0.494 e. The van der Waals surface area contributed by atoms with Crippen LogP contribution in [0.2, 0.25) is 0 Å². The highest BCUT2D eigenvalue weighted by molar-refractivity contribution is 5.90. The molecule has 130 valence electrons. The number of methoxy groups -OCH3 is 1. The lowest BCUT2D eigenvalue weighted by molar-refractivity contribution is -0.125. The summed E-state index contributed by atoms with van der Waals surface area (Å²) in [5.41, 5.74) is 4.80. The van der Waals surface area contributed by atoms with E-state index in [1.165, 1.54) is 16.8 Å². The molecule has 4 heteroatoms. The van der Waals surface area contributed by atoms with Crippen LogP contribution in [-0.2, 0) is 11.2 Å². The van der Waals surface area contributed by atoms with Gasteiger partial charge < -0.3 is 10.1 Å². The molecule has 0 bridgehead atoms. The van der Waals surface area contributed by atoms with Crippen LogP contribution in [0.3, 0.4) is 0 Å². The zero-order valence-electron chi connectivity index (χ0n) is 14.8. The van der Waals surface area contributed by atoms with Crippen molar-refractivity contribution in [1.82, 2.24) is 5.32 Å². The summed E-state index contributed by atoms with van der Waals surface area (Å²) in [7, 11) is 1.70. The van der Waals surface area contributed by atoms with Crippen LogP contribution in [0, 0.1) is 11.8 Å². The van der Waals surface area contributed by atoms with E-state index in [0.29, 0.717) is 0 Å². The van der Waals surface area contributed by atoms with Crippen molar-refractivity contribution in [2.45, 2.75) is 38.5 Å². The first-order chi connectivity index (χ1) is 12.2. The second kappa shape index (κ2) is 6.51. The summed E-state index contributed by atoms with van der Waals surface area (Å²) < 4.78 is 5.57. The van der Waals surface area contributed by atoms with Crippen molar-refractivity contribution in [1.29, 1.82) is 0 Å². The van der Waals surface area contributed by atoms with Crippen LogP contribution >= 0.6 is 0 Å². The summed E-state index contributed by atoms with van der Waals surface area (Å²) in [5, 5.41) is 2.85. The lowest BCUT2D eigenvalue weighted by Gasteiger charge is -2.36. The van der Waals surface area contributed by atoms with Gasteiger partial charge in [0.15, 0.2) is 0 Å². The van der Waals surface area contributed by atoms with Gasteiger partial charge in [-0.05, 0) is 42.9 Å². The van der Waals surface area contributed by atoms with Crippen LogP contribution in [0.15, 0.2) is 41.6 Å². The summed E-state index contributed by atoms with van der Waals surface area (Å²) in [4.78, 5) is 17.1. The fraction of sp³-hybridized carbons (Fsp3) is 0.429. The molecule has 1 N–H and O–H groups in total. The molecule has 1 aliphatic carbocycles. The molecule has 4 nitrogen and oxygen atoms in total. The molecule has 0 saturated carbocycles. The SMILES string of the molecule is CCC1=Nc2c(OC)ccc(C3C=CCC4C(=O)NC=CC43)c2CC1. The van der Waals surface area contributed by atoms with Gasteiger partial charge in [0.05, 0.1) is 7.11 Å². The van der Waals surface area contributed by atoms with E-state index in [9.17, 15) is 4.79 Å². The maximum absolute atomic E-state index is 12.2. The summed E-state index contributed by atoms with van der Waals surface area (Å²) in [6, 6.07) is 4.20. The Morgan fingerprint density at radius 1 is 1.28 bits per heavy atom. The van der Waals surface area contributed by atoms with Gasteiger partial charge in [0, 0.05) is 29.7 Å². The molecule has 3 atom stereocenters. The lowest BCUT2D eigenvalue weighted by atomic mass is 9.70. The van der Waals surface area contributed by atoms with Gasteiger partial charge in [0.1, 0.15) is 11.4 Å². The predicted molar refractivity (Wildman–Crippen MR) is 99.5 cm³/mol. The highest BCUT2D eigenvalue weighted by Gasteiger charge is 2.37. The Hall–Kier alpha value is -2.36.